The minimum absolute atomic E-state index is 0.675. The van der Waals surface area contributed by atoms with Gasteiger partial charge in [-0.1, -0.05) is 0 Å². The lowest BCUT2D eigenvalue weighted by molar-refractivity contribution is 0.124. The molecule has 92 valence electrons. The highest BCUT2D eigenvalue weighted by Gasteiger charge is 2.20. The number of hydrogen-bond acceptors (Lipinski definition) is 5. The molecule has 0 amide bonds. The Morgan fingerprint density at radius 1 is 1.59 bits per heavy atom. The number of nitrogens with one attached hydrogen (secondary N) is 1. The van der Waals surface area contributed by atoms with Crippen molar-refractivity contribution in [1.82, 2.24) is 4.37 Å². The van der Waals surface area contributed by atoms with E-state index in [0.29, 0.717) is 5.56 Å². The monoisotopic (exact) mass is 251 g/mol. The van der Waals surface area contributed by atoms with Crippen molar-refractivity contribution in [3.05, 3.63) is 11.3 Å². The molecule has 1 aromatic rings. The molecule has 0 spiro atoms. The van der Waals surface area contributed by atoms with Crippen LogP contribution in [0.3, 0.4) is 0 Å². The van der Waals surface area contributed by atoms with Crippen molar-refractivity contribution in [1.29, 1.82) is 5.26 Å². The van der Waals surface area contributed by atoms with Gasteiger partial charge in [-0.15, -0.1) is 0 Å². The Kier molecular flexibility index (Phi) is 4.35. The second kappa shape index (κ2) is 5.99. The Morgan fingerprint density at radius 3 is 3.12 bits per heavy atom. The minimum Gasteiger partial charge on any atom is -0.381 e. The maximum absolute atomic E-state index is 8.95. The molecule has 0 unspecified atom stereocenters. The van der Waals surface area contributed by atoms with E-state index in [-0.39, 0.29) is 0 Å². The van der Waals surface area contributed by atoms with Gasteiger partial charge in [0.15, 0.2) is 0 Å². The van der Waals surface area contributed by atoms with Gasteiger partial charge in [-0.05, 0) is 43.6 Å². The van der Waals surface area contributed by atoms with Gasteiger partial charge in [0, 0.05) is 19.8 Å². The number of aryl methyl sites for hydroxylation is 1. The van der Waals surface area contributed by atoms with Crippen LogP contribution in [-0.2, 0) is 4.74 Å². The molecule has 1 heterocycles. The predicted octanol–water partition coefficient (Wildman–Crippen LogP) is 2.55. The zero-order chi connectivity index (χ0) is 12.1. The average Bonchev–Trinajstić information content (AvgIpc) is 3.08. The highest BCUT2D eigenvalue weighted by Crippen LogP contribution is 2.28. The first kappa shape index (κ1) is 12.3. The van der Waals surface area contributed by atoms with Gasteiger partial charge in [0.25, 0.3) is 0 Å². The van der Waals surface area contributed by atoms with Crippen molar-refractivity contribution >= 4 is 16.5 Å². The third-order valence-electron chi connectivity index (χ3n) is 2.78. The van der Waals surface area contributed by atoms with Gasteiger partial charge in [-0.25, -0.2) is 0 Å². The van der Waals surface area contributed by atoms with Crippen LogP contribution in [-0.4, -0.2) is 24.1 Å². The van der Waals surface area contributed by atoms with E-state index in [1.165, 1.54) is 24.4 Å². The van der Waals surface area contributed by atoms with Gasteiger partial charge >= 0.3 is 0 Å². The molecule has 5 heteroatoms. The van der Waals surface area contributed by atoms with Crippen molar-refractivity contribution in [2.75, 3.05) is 25.1 Å². The summed E-state index contributed by atoms with van der Waals surface area (Å²) in [7, 11) is 0. The molecule has 1 aliphatic carbocycles. The van der Waals surface area contributed by atoms with Gasteiger partial charge in [0.05, 0.1) is 5.69 Å². The molecule has 1 N–H and O–H groups in total. The Labute approximate surface area is 106 Å². The largest absolute Gasteiger partial charge is 0.381 e. The van der Waals surface area contributed by atoms with E-state index in [1.54, 1.807) is 0 Å². The number of anilines is 1. The smallest absolute Gasteiger partial charge is 0.127 e. The van der Waals surface area contributed by atoms with Gasteiger partial charge in [-0.3, -0.25) is 0 Å². The van der Waals surface area contributed by atoms with E-state index in [4.69, 9.17) is 10.00 Å². The molecule has 0 atom stereocenters. The standard InChI is InChI=1S/C12H17N3OS/c1-9-11(7-13)12(17-15-9)14-5-2-6-16-8-10-3-4-10/h10,14H,2-6,8H2,1H3. The number of ether oxygens (including phenoxy) is 1. The van der Waals surface area contributed by atoms with Crippen LogP contribution < -0.4 is 5.32 Å². The SMILES string of the molecule is Cc1nsc(NCCCOCC2CC2)c1C#N. The van der Waals surface area contributed by atoms with E-state index < -0.39 is 0 Å². The van der Waals surface area contributed by atoms with Crippen LogP contribution in [0.25, 0.3) is 0 Å². The lowest BCUT2D eigenvalue weighted by Gasteiger charge is -2.04. The summed E-state index contributed by atoms with van der Waals surface area (Å²) in [6.45, 7) is 4.41. The topological polar surface area (TPSA) is 57.9 Å². The Morgan fingerprint density at radius 2 is 2.41 bits per heavy atom. The summed E-state index contributed by atoms with van der Waals surface area (Å²) >= 11 is 1.36. The van der Waals surface area contributed by atoms with E-state index in [1.807, 2.05) is 6.92 Å². The summed E-state index contributed by atoms with van der Waals surface area (Å²) in [4.78, 5) is 0. The number of nitriles is 1. The fourth-order valence-corrected chi connectivity index (χ4v) is 2.30. The van der Waals surface area contributed by atoms with Crippen LogP contribution in [0, 0.1) is 24.2 Å². The summed E-state index contributed by atoms with van der Waals surface area (Å²) in [5.41, 5.74) is 1.49. The van der Waals surface area contributed by atoms with Crippen molar-refractivity contribution in [2.45, 2.75) is 26.2 Å². The number of nitrogens with zero attached hydrogens (tertiary/aromatic N) is 2. The molecule has 1 aliphatic rings. The molecule has 0 aliphatic heterocycles. The Hall–Kier alpha value is -1.12. The fourth-order valence-electron chi connectivity index (χ4n) is 1.53. The van der Waals surface area contributed by atoms with E-state index in [2.05, 4.69) is 15.8 Å². The molecule has 1 saturated carbocycles. The van der Waals surface area contributed by atoms with Crippen LogP contribution in [0.4, 0.5) is 5.00 Å². The van der Waals surface area contributed by atoms with Crippen LogP contribution in [0.15, 0.2) is 0 Å². The molecule has 0 saturated heterocycles. The molecule has 1 aromatic heterocycles. The number of aromatic nitrogens is 1. The molecule has 2 rings (SSSR count). The fraction of sp³-hybridized carbons (Fsp3) is 0.667. The van der Waals surface area contributed by atoms with Crippen LogP contribution >= 0.6 is 11.5 Å². The van der Waals surface area contributed by atoms with Gasteiger partial charge < -0.3 is 10.1 Å². The van der Waals surface area contributed by atoms with E-state index >= 15 is 0 Å². The minimum atomic E-state index is 0.675. The number of rotatable bonds is 7. The molecule has 0 aromatic carbocycles. The summed E-state index contributed by atoms with van der Waals surface area (Å²) in [6.07, 6.45) is 3.64. The Bertz CT molecular complexity index is 406. The molecule has 17 heavy (non-hydrogen) atoms. The predicted molar refractivity (Wildman–Crippen MR) is 68.2 cm³/mol. The highest BCUT2D eigenvalue weighted by molar-refractivity contribution is 7.10. The summed E-state index contributed by atoms with van der Waals surface area (Å²) in [5.74, 6) is 0.831. The van der Waals surface area contributed by atoms with Crippen LogP contribution in [0.1, 0.15) is 30.5 Å². The van der Waals surface area contributed by atoms with Crippen molar-refractivity contribution in [3.63, 3.8) is 0 Å². The second-order valence-electron chi connectivity index (χ2n) is 4.38. The normalized spacial score (nSPS) is 14.6. The lowest BCUT2D eigenvalue weighted by atomic mass is 10.3. The molecular formula is C12H17N3OS. The zero-order valence-corrected chi connectivity index (χ0v) is 10.8. The maximum Gasteiger partial charge on any atom is 0.127 e. The van der Waals surface area contributed by atoms with Crippen LogP contribution in [0.2, 0.25) is 0 Å². The Balaban J connectivity index is 1.62. The highest BCUT2D eigenvalue weighted by atomic mass is 32.1. The van der Waals surface area contributed by atoms with Crippen molar-refractivity contribution < 1.29 is 4.74 Å². The molecule has 0 radical (unpaired) electrons. The average molecular weight is 251 g/mol. The third kappa shape index (κ3) is 3.69. The zero-order valence-electron chi connectivity index (χ0n) is 10.0. The lowest BCUT2D eigenvalue weighted by Crippen LogP contribution is -2.06. The third-order valence-corrected chi connectivity index (χ3v) is 3.67. The first-order valence-corrected chi connectivity index (χ1v) is 6.76. The van der Waals surface area contributed by atoms with Crippen molar-refractivity contribution in [2.24, 2.45) is 5.92 Å². The van der Waals surface area contributed by atoms with Crippen molar-refractivity contribution in [3.8, 4) is 6.07 Å². The second-order valence-corrected chi connectivity index (χ2v) is 5.16. The number of hydrogen-bond donors (Lipinski definition) is 1. The van der Waals surface area contributed by atoms with E-state index in [0.717, 1.165) is 42.8 Å². The summed E-state index contributed by atoms with van der Waals surface area (Å²) < 4.78 is 9.70. The first-order valence-electron chi connectivity index (χ1n) is 5.99. The van der Waals surface area contributed by atoms with Gasteiger partial charge in [0.1, 0.15) is 16.6 Å². The maximum atomic E-state index is 8.95. The summed E-state index contributed by atoms with van der Waals surface area (Å²) in [6, 6.07) is 2.17. The summed E-state index contributed by atoms with van der Waals surface area (Å²) in [5, 5.41) is 13.1. The molecule has 1 fully saturated rings. The van der Waals surface area contributed by atoms with E-state index in [9.17, 15) is 0 Å². The van der Waals surface area contributed by atoms with Gasteiger partial charge in [-0.2, -0.15) is 9.64 Å². The van der Waals surface area contributed by atoms with Gasteiger partial charge in [0.2, 0.25) is 0 Å². The quantitative estimate of drug-likeness (QED) is 0.757. The van der Waals surface area contributed by atoms with Crippen LogP contribution in [0.5, 0.6) is 0 Å². The molecule has 0 bridgehead atoms. The molecule has 4 nitrogen and oxygen atoms in total. The first-order chi connectivity index (χ1) is 8.31. The molecular weight excluding hydrogens is 234 g/mol.